The second-order valence-corrected chi connectivity index (χ2v) is 16.6. The van der Waals surface area contributed by atoms with E-state index in [1.54, 1.807) is 56.4 Å². The van der Waals surface area contributed by atoms with Crippen molar-refractivity contribution in [1.82, 2.24) is 25.5 Å². The topological polar surface area (TPSA) is 195 Å². The smallest absolute Gasteiger partial charge is 0.308 e. The lowest BCUT2D eigenvalue weighted by Gasteiger charge is -2.32. The molecular weight excluding hydrogens is 751 g/mol. The number of benzene rings is 1. The Morgan fingerprint density at radius 1 is 0.932 bits per heavy atom. The van der Waals surface area contributed by atoms with E-state index < -0.39 is 28.9 Å². The molecule has 1 aromatic heterocycles. The van der Waals surface area contributed by atoms with Gasteiger partial charge in [-0.2, -0.15) is 0 Å². The monoisotopic (exact) mass is 822 g/mol. The Balaban J connectivity index is 0.00000562. The molecule has 1 unspecified atom stereocenters. The predicted molar refractivity (Wildman–Crippen MR) is 232 cm³/mol. The Kier molecular flexibility index (Phi) is 23.2. The third-order valence-corrected chi connectivity index (χ3v) is 8.96. The lowest BCUT2D eigenvalue weighted by Crippen LogP contribution is -2.45. The van der Waals surface area contributed by atoms with E-state index in [1.807, 2.05) is 41.5 Å². The van der Waals surface area contributed by atoms with Crippen LogP contribution in [0.3, 0.4) is 0 Å². The number of esters is 1. The Bertz CT molecular complexity index is 1710. The van der Waals surface area contributed by atoms with Gasteiger partial charge in [-0.3, -0.25) is 24.0 Å². The highest BCUT2D eigenvalue weighted by atomic mass is 16.5. The summed E-state index contributed by atoms with van der Waals surface area (Å²) in [6.45, 7) is 21.8. The summed E-state index contributed by atoms with van der Waals surface area (Å²) in [7, 11) is 1.70. The van der Waals surface area contributed by atoms with E-state index in [9.17, 15) is 24.0 Å². The van der Waals surface area contributed by atoms with Crippen LogP contribution < -0.4 is 21.7 Å². The number of anilines is 1. The molecule has 1 heterocycles. The van der Waals surface area contributed by atoms with Gasteiger partial charge in [-0.05, 0) is 69.8 Å². The third kappa shape index (κ3) is 20.6. The van der Waals surface area contributed by atoms with Crippen LogP contribution in [-0.4, -0.2) is 82.9 Å². The van der Waals surface area contributed by atoms with Gasteiger partial charge in [-0.1, -0.05) is 79.7 Å². The van der Waals surface area contributed by atoms with Crippen LogP contribution in [0.5, 0.6) is 0 Å². The molecule has 14 nitrogen and oxygen atoms in total. The van der Waals surface area contributed by atoms with Crippen molar-refractivity contribution >= 4 is 35.3 Å². The molecule has 0 bridgehead atoms. The molecular formula is C45H71N7O7. The van der Waals surface area contributed by atoms with E-state index in [2.05, 4.69) is 51.6 Å². The second-order valence-electron chi connectivity index (χ2n) is 16.6. The average Bonchev–Trinajstić information content (AvgIpc) is 3.16. The van der Waals surface area contributed by atoms with Gasteiger partial charge >= 0.3 is 5.97 Å². The number of amides is 4. The summed E-state index contributed by atoms with van der Waals surface area (Å²) in [4.78, 5) is 74.1. The molecule has 1 atom stereocenters. The first kappa shape index (κ1) is 52.1. The summed E-state index contributed by atoms with van der Waals surface area (Å²) in [5, 5.41) is 7.98. The Hall–Kier alpha value is -4.87. The number of unbranched alkanes of at least 4 members (excludes halogenated alkanes) is 1. The van der Waals surface area contributed by atoms with Crippen LogP contribution in [-0.2, 0) is 46.6 Å². The summed E-state index contributed by atoms with van der Waals surface area (Å²) in [6.07, 6.45) is 7.00. The minimum Gasteiger partial charge on any atom is -0.461 e. The number of hydrogen-bond donors (Lipinski definition) is 4. The zero-order chi connectivity index (χ0) is 44.8. The first-order valence-corrected chi connectivity index (χ1v) is 20.7. The molecule has 328 valence electrons. The zero-order valence-electron chi connectivity index (χ0n) is 37.7. The fourth-order valence-corrected chi connectivity index (χ4v) is 5.34. The van der Waals surface area contributed by atoms with E-state index in [0.29, 0.717) is 61.2 Å². The molecule has 0 saturated carbocycles. The number of nitrogens with zero attached hydrogens (tertiary/aromatic N) is 3. The van der Waals surface area contributed by atoms with Gasteiger partial charge in [-0.25, -0.2) is 9.97 Å². The van der Waals surface area contributed by atoms with E-state index in [4.69, 9.17) is 15.2 Å². The Morgan fingerprint density at radius 2 is 1.58 bits per heavy atom. The second kappa shape index (κ2) is 26.3. The molecule has 0 aliphatic rings. The van der Waals surface area contributed by atoms with Crippen LogP contribution in [0, 0.1) is 23.2 Å². The fraction of sp³-hybridized carbons (Fsp3) is 0.622. The molecule has 0 aliphatic carbocycles. The van der Waals surface area contributed by atoms with Gasteiger partial charge < -0.3 is 36.1 Å². The summed E-state index contributed by atoms with van der Waals surface area (Å²) < 4.78 is 11.5. The SMILES string of the molecule is CC(C)C(=O)OCc1ccc(NC(=O)C(C)NC(=O)CNC(=O)CCCC#Cc2cnc(C(C)C)nc2)cc1CN(C)C(=O)C(C)(C)CCOC(C)(C)CCN.CCC. The maximum atomic E-state index is 13.6. The van der Waals surface area contributed by atoms with E-state index in [0.717, 1.165) is 5.82 Å². The van der Waals surface area contributed by atoms with Crippen LogP contribution in [0.1, 0.15) is 143 Å². The Labute approximate surface area is 352 Å². The maximum Gasteiger partial charge on any atom is 0.308 e. The Morgan fingerprint density at radius 3 is 2.17 bits per heavy atom. The number of aromatic nitrogens is 2. The van der Waals surface area contributed by atoms with Crippen molar-refractivity contribution in [3.05, 3.63) is 53.1 Å². The number of carbonyl (C=O) groups is 5. The molecule has 5 N–H and O–H groups in total. The van der Waals surface area contributed by atoms with Crippen LogP contribution >= 0.6 is 0 Å². The van der Waals surface area contributed by atoms with Gasteiger partial charge in [0.15, 0.2) is 0 Å². The maximum absolute atomic E-state index is 13.6. The number of nitrogens with one attached hydrogen (secondary N) is 3. The van der Waals surface area contributed by atoms with Gasteiger partial charge in [0.2, 0.25) is 23.6 Å². The molecule has 0 fully saturated rings. The summed E-state index contributed by atoms with van der Waals surface area (Å²) in [6, 6.07) is 4.20. The van der Waals surface area contributed by atoms with E-state index in [-0.39, 0.29) is 55.7 Å². The van der Waals surface area contributed by atoms with Gasteiger partial charge in [-0.15, -0.1) is 0 Å². The molecule has 4 amide bonds. The van der Waals surface area contributed by atoms with Gasteiger partial charge in [0, 0.05) is 62.5 Å². The van der Waals surface area contributed by atoms with E-state index >= 15 is 0 Å². The molecule has 0 spiro atoms. The van der Waals surface area contributed by atoms with E-state index in [1.165, 1.54) is 13.3 Å². The normalized spacial score (nSPS) is 11.7. The van der Waals surface area contributed by atoms with Crippen LogP contribution in [0.25, 0.3) is 0 Å². The van der Waals surface area contributed by atoms with Crippen LogP contribution in [0.4, 0.5) is 5.69 Å². The summed E-state index contributed by atoms with van der Waals surface area (Å²) >= 11 is 0. The molecule has 1 aromatic carbocycles. The fourth-order valence-electron chi connectivity index (χ4n) is 5.34. The lowest BCUT2D eigenvalue weighted by atomic mass is 9.87. The molecule has 2 rings (SSSR count). The molecule has 0 saturated heterocycles. The largest absolute Gasteiger partial charge is 0.461 e. The summed E-state index contributed by atoms with van der Waals surface area (Å²) in [5.74, 6) is 4.89. The standard InChI is InChI=1S/C42H63N7O7.C3H8/c1-28(2)37-45-23-31(24-46-37)14-12-11-13-15-35(50)44-25-36(51)47-30(5)38(52)48-34-17-16-32(27-55-39(53)29(3)4)33(22-34)26-49(10)40(54)41(6,7)19-21-56-42(8,9)18-20-43;1-3-2/h16-17,22-24,28-30H,11,13,15,18-21,25-27,43H2,1-10H3,(H,44,50)(H,47,51)(H,48,52);3H2,1-2H3. The van der Waals surface area contributed by atoms with Crippen molar-refractivity contribution < 1.29 is 33.4 Å². The molecule has 0 radical (unpaired) electrons. The number of ether oxygens (including phenoxy) is 2. The average molecular weight is 822 g/mol. The molecule has 14 heteroatoms. The minimum atomic E-state index is -0.925. The zero-order valence-corrected chi connectivity index (χ0v) is 37.7. The lowest BCUT2D eigenvalue weighted by molar-refractivity contribution is -0.148. The first-order chi connectivity index (χ1) is 27.7. The quantitative estimate of drug-likeness (QED) is 0.0658. The minimum absolute atomic E-state index is 0.00990. The predicted octanol–water partition coefficient (Wildman–Crippen LogP) is 6.02. The van der Waals surface area contributed by atoms with Crippen molar-refractivity contribution in [3.63, 3.8) is 0 Å². The highest BCUT2D eigenvalue weighted by molar-refractivity contribution is 5.97. The third-order valence-electron chi connectivity index (χ3n) is 8.96. The van der Waals surface area contributed by atoms with Crippen molar-refractivity contribution in [2.45, 2.75) is 145 Å². The molecule has 2 aromatic rings. The highest BCUT2D eigenvalue weighted by Crippen LogP contribution is 2.27. The van der Waals surface area contributed by atoms with Gasteiger partial charge in [0.05, 0.1) is 23.6 Å². The van der Waals surface area contributed by atoms with Crippen molar-refractivity contribution in [3.8, 4) is 11.8 Å². The number of rotatable bonds is 21. The molecule has 59 heavy (non-hydrogen) atoms. The first-order valence-electron chi connectivity index (χ1n) is 20.7. The highest BCUT2D eigenvalue weighted by Gasteiger charge is 2.32. The van der Waals surface area contributed by atoms with Crippen LogP contribution in [0.2, 0.25) is 0 Å². The van der Waals surface area contributed by atoms with Crippen molar-refractivity contribution in [2.24, 2.45) is 17.1 Å². The van der Waals surface area contributed by atoms with Gasteiger partial charge in [0.1, 0.15) is 18.5 Å². The number of carbonyl (C=O) groups excluding carboxylic acids is 5. The van der Waals surface area contributed by atoms with Gasteiger partial charge in [0.25, 0.3) is 0 Å². The van der Waals surface area contributed by atoms with Crippen LogP contribution in [0.15, 0.2) is 30.6 Å². The van der Waals surface area contributed by atoms with Crippen molar-refractivity contribution in [2.75, 3.05) is 32.1 Å². The summed E-state index contributed by atoms with van der Waals surface area (Å²) in [5.41, 5.74) is 7.06. The van der Waals surface area contributed by atoms with Crippen molar-refractivity contribution in [1.29, 1.82) is 0 Å². The number of nitrogens with two attached hydrogens (primary N) is 1. The number of hydrogen-bond acceptors (Lipinski definition) is 10. The molecule has 0 aliphatic heterocycles.